The molecule has 1 aromatic carbocycles. The smallest absolute Gasteiger partial charge is 0.0314 e. The average Bonchev–Trinajstić information content (AvgIpc) is 2.00. The molecule has 0 unspecified atom stereocenters. The molecule has 0 aliphatic rings. The first-order valence-corrected chi connectivity index (χ1v) is 3.61. The number of anilines is 1. The molecule has 0 fully saturated rings. The van der Waals surface area contributed by atoms with Gasteiger partial charge in [0.1, 0.15) is 0 Å². The van der Waals surface area contributed by atoms with Crippen LogP contribution >= 0.6 is 0 Å². The zero-order valence-corrected chi connectivity index (χ0v) is 6.89. The van der Waals surface area contributed by atoms with Gasteiger partial charge in [0.05, 0.1) is 0 Å². The first-order chi connectivity index (χ1) is 4.79. The van der Waals surface area contributed by atoms with Gasteiger partial charge in [-0.25, -0.2) is 0 Å². The Kier molecular flexibility index (Phi) is 8.22. The van der Waals surface area contributed by atoms with Crippen LogP contribution in [-0.4, -0.2) is 0 Å². The Bertz CT molecular complexity index is 144. The minimum atomic E-state index is 0. The van der Waals surface area contributed by atoms with Crippen LogP contribution in [0, 0.1) is 6.92 Å². The second kappa shape index (κ2) is 7.13. The lowest BCUT2D eigenvalue weighted by Crippen LogP contribution is -1.81. The van der Waals surface area contributed by atoms with Gasteiger partial charge in [-0.05, 0) is 19.1 Å². The maximum absolute atomic E-state index is 5.43. The van der Waals surface area contributed by atoms with Gasteiger partial charge in [-0.1, -0.05) is 39.0 Å². The number of hydrogen-bond acceptors (Lipinski definition) is 1. The second-order valence-corrected chi connectivity index (χ2v) is 1.91. The normalized spacial score (nSPS) is 7.18. The molecule has 1 heteroatoms. The predicted molar refractivity (Wildman–Crippen MR) is 53.7 cm³/mol. The van der Waals surface area contributed by atoms with Gasteiger partial charge in [0.15, 0.2) is 0 Å². The molecule has 0 aliphatic heterocycles. The molecule has 0 aliphatic carbocycles. The Hall–Kier alpha value is -0.980. The fourth-order valence-corrected chi connectivity index (χ4v) is 0.566. The van der Waals surface area contributed by atoms with E-state index in [4.69, 9.17) is 5.73 Å². The summed E-state index contributed by atoms with van der Waals surface area (Å²) in [5.41, 5.74) is 7.51. The first kappa shape index (κ1) is 12.7. The van der Waals surface area contributed by atoms with E-state index in [1.807, 2.05) is 45.0 Å². The summed E-state index contributed by atoms with van der Waals surface area (Å²) < 4.78 is 0. The molecule has 0 atom stereocenters. The number of benzene rings is 1. The van der Waals surface area contributed by atoms with Gasteiger partial charge < -0.3 is 5.73 Å². The van der Waals surface area contributed by atoms with E-state index in [0.717, 1.165) is 5.69 Å². The van der Waals surface area contributed by atoms with Crippen molar-refractivity contribution in [3.05, 3.63) is 29.8 Å². The molecule has 0 aromatic heterocycles. The molecule has 2 N–H and O–H groups in total. The van der Waals surface area contributed by atoms with Crippen LogP contribution in [0.4, 0.5) is 5.69 Å². The highest BCUT2D eigenvalue weighted by Gasteiger charge is 1.80. The number of nitrogen functional groups attached to an aromatic ring is 1. The Balaban J connectivity index is 0. The Labute approximate surface area is 70.2 Å². The lowest BCUT2D eigenvalue weighted by atomic mass is 10.2. The molecule has 64 valence electrons. The lowest BCUT2D eigenvalue weighted by molar-refractivity contribution is 1.47. The lowest BCUT2D eigenvalue weighted by Gasteiger charge is -1.90. The van der Waals surface area contributed by atoms with Gasteiger partial charge in [0.2, 0.25) is 0 Å². The van der Waals surface area contributed by atoms with E-state index < -0.39 is 0 Å². The molecule has 1 aromatic rings. The van der Waals surface area contributed by atoms with Gasteiger partial charge in [0.25, 0.3) is 0 Å². The summed E-state index contributed by atoms with van der Waals surface area (Å²) in [6.45, 7) is 6.04. The fraction of sp³-hybridized carbons (Fsp3) is 0.400. The molecule has 0 spiro atoms. The van der Waals surface area contributed by atoms with Crippen LogP contribution in [-0.2, 0) is 0 Å². The topological polar surface area (TPSA) is 26.0 Å². The van der Waals surface area contributed by atoms with E-state index in [0.29, 0.717) is 0 Å². The molecule has 0 heterocycles. The van der Waals surface area contributed by atoms with Crippen molar-refractivity contribution in [1.29, 1.82) is 0 Å². The molecule has 0 radical (unpaired) electrons. The number of aryl methyl sites for hydroxylation is 1. The highest BCUT2D eigenvalue weighted by molar-refractivity contribution is 5.38. The minimum Gasteiger partial charge on any atom is -0.399 e. The minimum absolute atomic E-state index is 0. The van der Waals surface area contributed by atoms with Gasteiger partial charge >= 0.3 is 0 Å². The van der Waals surface area contributed by atoms with Crippen molar-refractivity contribution in [2.75, 3.05) is 5.73 Å². The van der Waals surface area contributed by atoms with Crippen molar-refractivity contribution < 1.29 is 0 Å². The summed E-state index contributed by atoms with van der Waals surface area (Å²) >= 11 is 0. The van der Waals surface area contributed by atoms with Crippen LogP contribution in [0.3, 0.4) is 0 Å². The summed E-state index contributed by atoms with van der Waals surface area (Å²) in [6.07, 6.45) is 0. The van der Waals surface area contributed by atoms with Gasteiger partial charge in [-0.15, -0.1) is 0 Å². The van der Waals surface area contributed by atoms with Crippen LogP contribution in [0.5, 0.6) is 0 Å². The average molecular weight is 153 g/mol. The number of rotatable bonds is 0. The van der Waals surface area contributed by atoms with Crippen LogP contribution in [0.15, 0.2) is 24.3 Å². The van der Waals surface area contributed by atoms with Crippen molar-refractivity contribution in [1.82, 2.24) is 0 Å². The molecule has 0 saturated heterocycles. The third-order valence-corrected chi connectivity index (χ3v) is 1.08. The van der Waals surface area contributed by atoms with Crippen molar-refractivity contribution in [3.63, 3.8) is 0 Å². The van der Waals surface area contributed by atoms with Crippen molar-refractivity contribution >= 4 is 5.69 Å². The largest absolute Gasteiger partial charge is 0.399 e. The monoisotopic (exact) mass is 153 g/mol. The summed E-state index contributed by atoms with van der Waals surface area (Å²) in [5, 5.41) is 0. The second-order valence-electron chi connectivity index (χ2n) is 1.91. The highest BCUT2D eigenvalue weighted by atomic mass is 14.5. The standard InChI is InChI=1S/C7H9N.C2H6.CH4/c1-6-2-4-7(8)5-3-6;1-2;/h2-5H,8H2,1H3;1-2H3;1H4. The molecule has 0 bridgehead atoms. The summed E-state index contributed by atoms with van der Waals surface area (Å²) in [4.78, 5) is 0. The fourth-order valence-electron chi connectivity index (χ4n) is 0.566. The summed E-state index contributed by atoms with van der Waals surface area (Å²) in [7, 11) is 0. The third-order valence-electron chi connectivity index (χ3n) is 1.08. The molecule has 0 amide bonds. The quantitative estimate of drug-likeness (QED) is 0.569. The SMILES string of the molecule is C.CC.Cc1ccc(N)cc1. The molecular formula is C10H19N. The van der Waals surface area contributed by atoms with Gasteiger partial charge in [0, 0.05) is 5.69 Å². The zero-order valence-electron chi connectivity index (χ0n) is 6.89. The van der Waals surface area contributed by atoms with Crippen LogP contribution in [0.2, 0.25) is 0 Å². The maximum atomic E-state index is 5.43. The Morgan fingerprint density at radius 3 is 1.64 bits per heavy atom. The molecular weight excluding hydrogens is 134 g/mol. The van der Waals surface area contributed by atoms with E-state index in [9.17, 15) is 0 Å². The summed E-state index contributed by atoms with van der Waals surface area (Å²) in [5.74, 6) is 0. The molecule has 11 heavy (non-hydrogen) atoms. The maximum Gasteiger partial charge on any atom is 0.0314 e. The van der Waals surface area contributed by atoms with Gasteiger partial charge in [-0.2, -0.15) is 0 Å². The zero-order chi connectivity index (χ0) is 7.98. The van der Waals surface area contributed by atoms with Gasteiger partial charge in [-0.3, -0.25) is 0 Å². The van der Waals surface area contributed by atoms with Crippen LogP contribution in [0.1, 0.15) is 26.8 Å². The first-order valence-electron chi connectivity index (χ1n) is 3.61. The van der Waals surface area contributed by atoms with E-state index in [-0.39, 0.29) is 7.43 Å². The van der Waals surface area contributed by atoms with Crippen molar-refractivity contribution in [2.24, 2.45) is 0 Å². The molecule has 1 nitrogen and oxygen atoms in total. The third kappa shape index (κ3) is 5.46. The number of nitrogens with two attached hydrogens (primary N) is 1. The highest BCUT2D eigenvalue weighted by Crippen LogP contribution is 2.02. The van der Waals surface area contributed by atoms with Crippen molar-refractivity contribution in [3.8, 4) is 0 Å². The van der Waals surface area contributed by atoms with Crippen molar-refractivity contribution in [2.45, 2.75) is 28.2 Å². The van der Waals surface area contributed by atoms with Crippen LogP contribution < -0.4 is 5.73 Å². The Morgan fingerprint density at radius 2 is 1.36 bits per heavy atom. The van der Waals surface area contributed by atoms with E-state index >= 15 is 0 Å². The van der Waals surface area contributed by atoms with E-state index in [1.54, 1.807) is 0 Å². The molecule has 1 rings (SSSR count). The Morgan fingerprint density at radius 1 is 1.00 bits per heavy atom. The van der Waals surface area contributed by atoms with E-state index in [2.05, 4.69) is 0 Å². The number of hydrogen-bond donors (Lipinski definition) is 1. The summed E-state index contributed by atoms with van der Waals surface area (Å²) in [6, 6.07) is 7.79. The predicted octanol–water partition coefficient (Wildman–Crippen LogP) is 3.24. The van der Waals surface area contributed by atoms with Crippen LogP contribution in [0.25, 0.3) is 0 Å². The van der Waals surface area contributed by atoms with E-state index in [1.165, 1.54) is 5.56 Å². The molecule has 0 saturated carbocycles.